The van der Waals surface area contributed by atoms with Gasteiger partial charge in [-0.25, -0.2) is 9.36 Å². The van der Waals surface area contributed by atoms with Gasteiger partial charge in [-0.05, 0) is 48.5 Å². The molecule has 31 heavy (non-hydrogen) atoms. The largest absolute Gasteiger partial charge is 0.497 e. The van der Waals surface area contributed by atoms with Crippen LogP contribution in [0.5, 0.6) is 11.5 Å². The Labute approximate surface area is 179 Å². The molecule has 1 aliphatic heterocycles. The summed E-state index contributed by atoms with van der Waals surface area (Å²) in [6.45, 7) is 2.45. The number of hydrogen-bond acceptors (Lipinski definition) is 7. The number of amides is 1. The van der Waals surface area contributed by atoms with E-state index in [0.717, 1.165) is 11.4 Å². The first-order chi connectivity index (χ1) is 15.1. The Bertz CT molecular complexity index is 1080. The second kappa shape index (κ2) is 8.95. The van der Waals surface area contributed by atoms with E-state index in [0.29, 0.717) is 43.3 Å². The number of benzene rings is 2. The lowest BCUT2D eigenvalue weighted by Crippen LogP contribution is -2.50. The first-order valence-corrected chi connectivity index (χ1v) is 9.97. The zero-order chi connectivity index (χ0) is 21.8. The van der Waals surface area contributed by atoms with E-state index in [9.17, 15) is 9.59 Å². The van der Waals surface area contributed by atoms with Crippen molar-refractivity contribution in [1.29, 1.82) is 0 Å². The molecule has 0 spiro atoms. The Morgan fingerprint density at radius 3 is 2.10 bits per heavy atom. The summed E-state index contributed by atoms with van der Waals surface area (Å²) in [5, 5.41) is 3.85. The molecular weight excluding hydrogens is 400 g/mol. The maximum Gasteiger partial charge on any atom is 0.442 e. The molecule has 0 bridgehead atoms. The fourth-order valence-electron chi connectivity index (χ4n) is 3.60. The number of carbonyl (C=O) groups is 1. The summed E-state index contributed by atoms with van der Waals surface area (Å²) in [7, 11) is 3.22. The van der Waals surface area contributed by atoms with Crippen LogP contribution in [0.4, 0.5) is 5.69 Å². The summed E-state index contributed by atoms with van der Waals surface area (Å²) in [6, 6.07) is 14.9. The standard InChI is InChI=1S/C22H24N4O5/c1-29-18-7-3-16(4-8-18)21-23-31-22(28)26(21)15-20(27)25-13-11-24(12-14-25)17-5-9-19(30-2)10-6-17/h3-10H,11-15H2,1-2H3. The van der Waals surface area contributed by atoms with Gasteiger partial charge in [0.1, 0.15) is 18.0 Å². The quantitative estimate of drug-likeness (QED) is 0.597. The number of carbonyl (C=O) groups excluding carboxylic acids is 1. The fourth-order valence-corrected chi connectivity index (χ4v) is 3.60. The summed E-state index contributed by atoms with van der Waals surface area (Å²) < 4.78 is 16.4. The minimum absolute atomic E-state index is 0.119. The molecule has 4 rings (SSSR count). The average molecular weight is 424 g/mol. The van der Waals surface area contributed by atoms with Crippen LogP contribution in [-0.4, -0.2) is 60.9 Å². The summed E-state index contributed by atoms with van der Waals surface area (Å²) in [4.78, 5) is 29.0. The van der Waals surface area contributed by atoms with Gasteiger partial charge < -0.3 is 19.3 Å². The van der Waals surface area contributed by atoms with E-state index in [4.69, 9.17) is 14.0 Å². The van der Waals surface area contributed by atoms with Crippen LogP contribution in [0.2, 0.25) is 0 Å². The monoisotopic (exact) mass is 424 g/mol. The van der Waals surface area contributed by atoms with E-state index in [1.807, 2.05) is 24.3 Å². The number of piperazine rings is 1. The van der Waals surface area contributed by atoms with Crippen LogP contribution in [-0.2, 0) is 11.3 Å². The van der Waals surface area contributed by atoms with Crippen LogP contribution in [0.25, 0.3) is 11.4 Å². The summed E-state index contributed by atoms with van der Waals surface area (Å²) >= 11 is 0. The van der Waals surface area contributed by atoms with Crippen LogP contribution in [0.15, 0.2) is 57.8 Å². The highest BCUT2D eigenvalue weighted by Gasteiger charge is 2.24. The van der Waals surface area contributed by atoms with E-state index in [2.05, 4.69) is 10.1 Å². The summed E-state index contributed by atoms with van der Waals surface area (Å²) in [5.41, 5.74) is 1.76. The van der Waals surface area contributed by atoms with E-state index in [-0.39, 0.29) is 12.5 Å². The number of hydrogen-bond donors (Lipinski definition) is 0. The van der Waals surface area contributed by atoms with E-state index in [1.54, 1.807) is 43.4 Å². The average Bonchev–Trinajstić information content (AvgIpc) is 3.19. The van der Waals surface area contributed by atoms with E-state index in [1.165, 1.54) is 4.57 Å². The maximum atomic E-state index is 12.9. The molecule has 3 aromatic rings. The topological polar surface area (TPSA) is 90.0 Å². The third-order valence-corrected chi connectivity index (χ3v) is 5.40. The van der Waals surface area contributed by atoms with Crippen molar-refractivity contribution in [3.8, 4) is 22.9 Å². The molecule has 0 aliphatic carbocycles. The highest BCUT2D eigenvalue weighted by Crippen LogP contribution is 2.22. The normalized spacial score (nSPS) is 13.9. The van der Waals surface area contributed by atoms with Gasteiger partial charge in [0, 0.05) is 37.4 Å². The van der Waals surface area contributed by atoms with Gasteiger partial charge >= 0.3 is 5.76 Å². The van der Waals surface area contributed by atoms with E-state index < -0.39 is 5.76 Å². The Hall–Kier alpha value is -3.75. The molecule has 1 fully saturated rings. The van der Waals surface area contributed by atoms with E-state index >= 15 is 0 Å². The maximum absolute atomic E-state index is 12.9. The van der Waals surface area contributed by atoms with Gasteiger partial charge in [0.15, 0.2) is 5.82 Å². The van der Waals surface area contributed by atoms with Gasteiger partial charge in [0.05, 0.1) is 14.2 Å². The van der Waals surface area contributed by atoms with Crippen molar-refractivity contribution in [2.24, 2.45) is 0 Å². The minimum Gasteiger partial charge on any atom is -0.497 e. The van der Waals surface area contributed by atoms with Crippen LogP contribution < -0.4 is 20.1 Å². The van der Waals surface area contributed by atoms with Crippen LogP contribution >= 0.6 is 0 Å². The molecule has 9 nitrogen and oxygen atoms in total. The molecular formula is C22H24N4O5. The number of rotatable bonds is 6. The van der Waals surface area contributed by atoms with Gasteiger partial charge in [-0.1, -0.05) is 5.16 Å². The first-order valence-electron chi connectivity index (χ1n) is 9.97. The molecule has 0 N–H and O–H groups in total. The van der Waals surface area contributed by atoms with Gasteiger partial charge in [-0.15, -0.1) is 0 Å². The number of nitrogens with zero attached hydrogens (tertiary/aromatic N) is 4. The van der Waals surface area contributed by atoms with Crippen molar-refractivity contribution in [1.82, 2.24) is 14.6 Å². The Balaban J connectivity index is 1.41. The molecule has 9 heteroatoms. The lowest BCUT2D eigenvalue weighted by molar-refractivity contribution is -0.132. The SMILES string of the molecule is COc1ccc(-c2noc(=O)n2CC(=O)N2CCN(c3ccc(OC)cc3)CC2)cc1. The highest BCUT2D eigenvalue weighted by molar-refractivity contribution is 5.77. The van der Waals surface area contributed by atoms with Crippen LogP contribution in [0.1, 0.15) is 0 Å². The lowest BCUT2D eigenvalue weighted by atomic mass is 10.2. The van der Waals surface area contributed by atoms with Crippen molar-refractivity contribution in [3.63, 3.8) is 0 Å². The molecule has 162 valence electrons. The van der Waals surface area contributed by atoms with Crippen molar-refractivity contribution < 1.29 is 18.8 Å². The smallest absolute Gasteiger partial charge is 0.442 e. The third kappa shape index (κ3) is 4.40. The van der Waals surface area contributed by atoms with Gasteiger partial charge in [0.25, 0.3) is 0 Å². The number of ether oxygens (including phenoxy) is 2. The Morgan fingerprint density at radius 1 is 0.935 bits per heavy atom. The predicted octanol–water partition coefficient (Wildman–Crippen LogP) is 1.87. The van der Waals surface area contributed by atoms with Crippen molar-refractivity contribution >= 4 is 11.6 Å². The zero-order valence-corrected chi connectivity index (χ0v) is 17.5. The van der Waals surface area contributed by atoms with Crippen molar-refractivity contribution in [3.05, 3.63) is 59.1 Å². The van der Waals surface area contributed by atoms with Crippen molar-refractivity contribution in [2.75, 3.05) is 45.3 Å². The molecule has 1 aromatic heterocycles. The number of aromatic nitrogens is 2. The predicted molar refractivity (Wildman–Crippen MR) is 115 cm³/mol. The molecule has 1 saturated heterocycles. The first kappa shape index (κ1) is 20.5. The fraction of sp³-hybridized carbons (Fsp3) is 0.318. The Morgan fingerprint density at radius 2 is 1.52 bits per heavy atom. The highest BCUT2D eigenvalue weighted by atomic mass is 16.5. The Kier molecular flexibility index (Phi) is 5.92. The minimum atomic E-state index is -0.656. The van der Waals surface area contributed by atoms with Crippen LogP contribution in [0.3, 0.4) is 0 Å². The second-order valence-corrected chi connectivity index (χ2v) is 7.15. The number of anilines is 1. The summed E-state index contributed by atoms with van der Waals surface area (Å²) in [6.07, 6.45) is 0. The van der Waals surface area contributed by atoms with Gasteiger partial charge in [-0.2, -0.15) is 0 Å². The molecule has 2 aromatic carbocycles. The molecule has 1 amide bonds. The number of methoxy groups -OCH3 is 2. The zero-order valence-electron chi connectivity index (χ0n) is 17.5. The summed E-state index contributed by atoms with van der Waals surface area (Å²) in [5.74, 6) is 1.01. The van der Waals surface area contributed by atoms with Gasteiger partial charge in [0.2, 0.25) is 5.91 Å². The van der Waals surface area contributed by atoms with Gasteiger partial charge in [-0.3, -0.25) is 9.32 Å². The molecule has 0 saturated carbocycles. The molecule has 1 aliphatic rings. The van der Waals surface area contributed by atoms with Crippen LogP contribution in [0, 0.1) is 0 Å². The second-order valence-electron chi connectivity index (χ2n) is 7.15. The molecule has 0 radical (unpaired) electrons. The lowest BCUT2D eigenvalue weighted by Gasteiger charge is -2.36. The molecule has 0 atom stereocenters. The third-order valence-electron chi connectivity index (χ3n) is 5.40. The van der Waals surface area contributed by atoms with Crippen molar-refractivity contribution in [2.45, 2.75) is 6.54 Å². The molecule has 2 heterocycles. The molecule has 0 unspecified atom stereocenters.